The Labute approximate surface area is 194 Å². The van der Waals surface area contributed by atoms with Crippen molar-refractivity contribution in [1.82, 2.24) is 19.9 Å². The normalized spacial score (nSPS) is 11.2. The van der Waals surface area contributed by atoms with Gasteiger partial charge >= 0.3 is 0 Å². The summed E-state index contributed by atoms with van der Waals surface area (Å²) in [7, 11) is 0. The minimum absolute atomic E-state index is 0.573. The standard InChI is InChI=1S/C27H19N5S/c1-2-13-29-20(6-1)17-30-27-23-15-18(21-7-3-8-25-22(21)11-14-33-25)9-10-24(23)31-26(32-27)19-5-4-12-28-16-19/h1-16H,17H2,(H,30,31,32). The Morgan fingerprint density at radius 2 is 1.79 bits per heavy atom. The second-order valence-corrected chi connectivity index (χ2v) is 8.63. The van der Waals surface area contributed by atoms with E-state index in [2.05, 4.69) is 63.1 Å². The molecule has 0 aliphatic rings. The number of fused-ring (bicyclic) bond motifs is 2. The van der Waals surface area contributed by atoms with Crippen LogP contribution < -0.4 is 5.32 Å². The van der Waals surface area contributed by atoms with Gasteiger partial charge in [0.25, 0.3) is 0 Å². The highest BCUT2D eigenvalue weighted by Gasteiger charge is 2.13. The van der Waals surface area contributed by atoms with E-state index in [-0.39, 0.29) is 0 Å². The van der Waals surface area contributed by atoms with Crippen LogP contribution in [0, 0.1) is 0 Å². The molecular weight excluding hydrogens is 426 g/mol. The van der Waals surface area contributed by atoms with Crippen molar-refractivity contribution in [2.45, 2.75) is 6.54 Å². The van der Waals surface area contributed by atoms with E-state index in [1.165, 1.54) is 15.6 Å². The van der Waals surface area contributed by atoms with Gasteiger partial charge in [-0.3, -0.25) is 9.97 Å². The highest BCUT2D eigenvalue weighted by molar-refractivity contribution is 7.17. The summed E-state index contributed by atoms with van der Waals surface area (Å²) in [5.41, 5.74) is 5.07. The second-order valence-electron chi connectivity index (χ2n) is 7.68. The van der Waals surface area contributed by atoms with Gasteiger partial charge in [0.1, 0.15) is 5.82 Å². The van der Waals surface area contributed by atoms with E-state index in [0.717, 1.165) is 33.5 Å². The first-order chi connectivity index (χ1) is 16.3. The second kappa shape index (κ2) is 8.41. The van der Waals surface area contributed by atoms with Crippen molar-refractivity contribution in [3.63, 3.8) is 0 Å². The lowest BCUT2D eigenvalue weighted by Crippen LogP contribution is -2.05. The van der Waals surface area contributed by atoms with Crippen LogP contribution in [0.5, 0.6) is 0 Å². The lowest BCUT2D eigenvalue weighted by Gasteiger charge is -2.13. The van der Waals surface area contributed by atoms with Crippen LogP contribution in [-0.4, -0.2) is 19.9 Å². The van der Waals surface area contributed by atoms with Crippen LogP contribution in [0.4, 0.5) is 5.82 Å². The molecule has 0 fully saturated rings. The van der Waals surface area contributed by atoms with Gasteiger partial charge in [0.15, 0.2) is 5.82 Å². The third-order valence-corrected chi connectivity index (χ3v) is 6.47. The monoisotopic (exact) mass is 445 g/mol. The lowest BCUT2D eigenvalue weighted by molar-refractivity contribution is 1.03. The molecule has 0 aliphatic carbocycles. The molecule has 4 heterocycles. The van der Waals surface area contributed by atoms with Gasteiger partial charge in [-0.1, -0.05) is 24.3 Å². The number of anilines is 1. The van der Waals surface area contributed by atoms with Crippen molar-refractivity contribution in [3.8, 4) is 22.5 Å². The quantitative estimate of drug-likeness (QED) is 0.325. The Balaban J connectivity index is 1.50. The van der Waals surface area contributed by atoms with Gasteiger partial charge in [0.05, 0.1) is 17.8 Å². The summed E-state index contributed by atoms with van der Waals surface area (Å²) in [6.45, 7) is 0.573. The number of hydrogen-bond acceptors (Lipinski definition) is 6. The van der Waals surface area contributed by atoms with Crippen LogP contribution in [-0.2, 0) is 6.54 Å². The topological polar surface area (TPSA) is 63.6 Å². The first-order valence-electron chi connectivity index (χ1n) is 10.7. The predicted octanol–water partition coefficient (Wildman–Crippen LogP) is 6.58. The summed E-state index contributed by atoms with van der Waals surface area (Å²) in [5, 5.41) is 7.87. The molecule has 0 spiro atoms. The molecular formula is C27H19N5S. The number of benzene rings is 2. The van der Waals surface area contributed by atoms with E-state index in [0.29, 0.717) is 12.4 Å². The van der Waals surface area contributed by atoms with Crippen LogP contribution in [0.2, 0.25) is 0 Å². The number of aromatic nitrogens is 4. The van der Waals surface area contributed by atoms with Gasteiger partial charge in [-0.15, -0.1) is 11.3 Å². The Morgan fingerprint density at radius 1 is 0.788 bits per heavy atom. The molecule has 2 aromatic carbocycles. The minimum atomic E-state index is 0.573. The molecule has 0 radical (unpaired) electrons. The zero-order valence-electron chi connectivity index (χ0n) is 17.6. The van der Waals surface area contributed by atoms with Gasteiger partial charge in [0, 0.05) is 39.6 Å². The number of nitrogens with one attached hydrogen (secondary N) is 1. The van der Waals surface area contributed by atoms with Crippen molar-refractivity contribution in [1.29, 1.82) is 0 Å². The zero-order valence-corrected chi connectivity index (χ0v) is 18.5. The van der Waals surface area contributed by atoms with Gasteiger partial charge < -0.3 is 5.32 Å². The Kier molecular flexibility index (Phi) is 4.97. The summed E-state index contributed by atoms with van der Waals surface area (Å²) < 4.78 is 1.28. The summed E-state index contributed by atoms with van der Waals surface area (Å²) >= 11 is 1.76. The van der Waals surface area contributed by atoms with Crippen molar-refractivity contribution in [2.24, 2.45) is 0 Å². The zero-order chi connectivity index (χ0) is 22.0. The molecule has 6 aromatic rings. The summed E-state index contributed by atoms with van der Waals surface area (Å²) in [5.74, 6) is 1.43. The van der Waals surface area contributed by atoms with Crippen LogP contribution in [0.15, 0.2) is 96.8 Å². The number of pyridine rings is 2. The predicted molar refractivity (Wildman–Crippen MR) is 135 cm³/mol. The molecule has 0 bridgehead atoms. The largest absolute Gasteiger partial charge is 0.364 e. The van der Waals surface area contributed by atoms with Crippen molar-refractivity contribution < 1.29 is 0 Å². The molecule has 0 unspecified atom stereocenters. The van der Waals surface area contributed by atoms with Crippen LogP contribution in [0.1, 0.15) is 5.69 Å². The van der Waals surface area contributed by atoms with E-state index < -0.39 is 0 Å². The molecule has 6 heteroatoms. The fourth-order valence-corrected chi connectivity index (χ4v) is 4.79. The molecule has 0 aliphatic heterocycles. The van der Waals surface area contributed by atoms with E-state index in [4.69, 9.17) is 9.97 Å². The molecule has 33 heavy (non-hydrogen) atoms. The van der Waals surface area contributed by atoms with E-state index in [1.807, 2.05) is 30.3 Å². The highest BCUT2D eigenvalue weighted by Crippen LogP contribution is 2.35. The van der Waals surface area contributed by atoms with Gasteiger partial charge in [-0.05, 0) is 65.0 Å². The molecule has 6 rings (SSSR count). The van der Waals surface area contributed by atoms with Crippen molar-refractivity contribution in [3.05, 3.63) is 102 Å². The lowest BCUT2D eigenvalue weighted by atomic mass is 10.0. The Morgan fingerprint density at radius 3 is 2.67 bits per heavy atom. The molecule has 0 amide bonds. The first-order valence-corrected chi connectivity index (χ1v) is 11.6. The SMILES string of the molecule is c1ccc(CNc2nc(-c3cccnc3)nc3ccc(-c4cccc5sccc45)cc23)nc1. The van der Waals surface area contributed by atoms with Crippen LogP contribution >= 0.6 is 11.3 Å². The summed E-state index contributed by atoms with van der Waals surface area (Å²) in [6, 6.07) is 24.8. The minimum Gasteiger partial charge on any atom is -0.364 e. The molecule has 158 valence electrons. The average Bonchev–Trinajstić information content (AvgIpc) is 3.37. The summed E-state index contributed by atoms with van der Waals surface area (Å²) in [6.07, 6.45) is 5.34. The maximum atomic E-state index is 4.89. The third kappa shape index (κ3) is 3.81. The Bertz CT molecular complexity index is 1560. The highest BCUT2D eigenvalue weighted by atomic mass is 32.1. The third-order valence-electron chi connectivity index (χ3n) is 5.59. The van der Waals surface area contributed by atoms with Crippen LogP contribution in [0.25, 0.3) is 43.5 Å². The van der Waals surface area contributed by atoms with E-state index in [1.54, 1.807) is 29.9 Å². The van der Waals surface area contributed by atoms with Gasteiger partial charge in [-0.2, -0.15) is 0 Å². The first kappa shape index (κ1) is 19.5. The molecule has 0 saturated carbocycles. The molecule has 0 saturated heterocycles. The maximum Gasteiger partial charge on any atom is 0.163 e. The van der Waals surface area contributed by atoms with Crippen molar-refractivity contribution in [2.75, 3.05) is 5.32 Å². The van der Waals surface area contributed by atoms with Gasteiger partial charge in [0.2, 0.25) is 0 Å². The number of nitrogens with zero attached hydrogens (tertiary/aromatic N) is 4. The van der Waals surface area contributed by atoms with E-state index in [9.17, 15) is 0 Å². The molecule has 5 nitrogen and oxygen atoms in total. The van der Waals surface area contributed by atoms with Crippen LogP contribution in [0.3, 0.4) is 0 Å². The molecule has 0 atom stereocenters. The molecule has 1 N–H and O–H groups in total. The number of thiophene rings is 1. The average molecular weight is 446 g/mol. The molecule has 4 aromatic heterocycles. The Hall–Kier alpha value is -4.16. The number of rotatable bonds is 5. The maximum absolute atomic E-state index is 4.89. The number of hydrogen-bond donors (Lipinski definition) is 1. The van der Waals surface area contributed by atoms with Gasteiger partial charge in [-0.25, -0.2) is 9.97 Å². The van der Waals surface area contributed by atoms with Crippen molar-refractivity contribution >= 4 is 38.1 Å². The smallest absolute Gasteiger partial charge is 0.163 e. The summed E-state index contributed by atoms with van der Waals surface area (Å²) in [4.78, 5) is 18.4. The van der Waals surface area contributed by atoms with E-state index >= 15 is 0 Å². The fourth-order valence-electron chi connectivity index (χ4n) is 3.98. The fraction of sp³-hybridized carbons (Fsp3) is 0.0370.